The summed E-state index contributed by atoms with van der Waals surface area (Å²) in [6.07, 6.45) is 4.23. The second-order valence-corrected chi connectivity index (χ2v) is 6.26. The van der Waals surface area contributed by atoms with Crippen molar-refractivity contribution in [3.05, 3.63) is 29.3 Å². The van der Waals surface area contributed by atoms with Crippen LogP contribution in [0, 0.1) is 6.92 Å². The van der Waals surface area contributed by atoms with Gasteiger partial charge in [-0.2, -0.15) is 11.8 Å². The van der Waals surface area contributed by atoms with Gasteiger partial charge in [0.2, 0.25) is 0 Å². The Morgan fingerprint density at radius 1 is 1.25 bits per heavy atom. The second kappa shape index (κ2) is 10.00. The van der Waals surface area contributed by atoms with Crippen molar-refractivity contribution in [1.82, 2.24) is 10.6 Å². The number of nitrogens with one attached hydrogen (secondary N) is 2. The molecule has 112 valence electrons. The summed E-state index contributed by atoms with van der Waals surface area (Å²) >= 11 is 3.62. The zero-order valence-electron chi connectivity index (χ0n) is 12.8. The van der Waals surface area contributed by atoms with E-state index in [1.165, 1.54) is 16.0 Å². The molecule has 0 amide bonds. The monoisotopic (exact) mass is 311 g/mol. The van der Waals surface area contributed by atoms with Crippen molar-refractivity contribution in [3.63, 3.8) is 0 Å². The van der Waals surface area contributed by atoms with Crippen LogP contribution in [0.25, 0.3) is 0 Å². The topological polar surface area (TPSA) is 36.4 Å². The molecule has 0 bridgehead atoms. The van der Waals surface area contributed by atoms with Gasteiger partial charge in [0.15, 0.2) is 5.96 Å². The highest BCUT2D eigenvalue weighted by molar-refractivity contribution is 7.98. The number of guanidine groups is 1. The lowest BCUT2D eigenvalue weighted by Gasteiger charge is -2.11. The summed E-state index contributed by atoms with van der Waals surface area (Å²) in [5, 5.41) is 6.64. The zero-order chi connectivity index (χ0) is 14.8. The number of benzene rings is 1. The molecule has 0 atom stereocenters. The maximum Gasteiger partial charge on any atom is 0.191 e. The molecule has 0 fully saturated rings. The van der Waals surface area contributed by atoms with Gasteiger partial charge in [-0.25, -0.2) is 4.99 Å². The number of aryl methyl sites for hydroxylation is 1. The van der Waals surface area contributed by atoms with Gasteiger partial charge in [0.1, 0.15) is 0 Å². The molecule has 0 aliphatic rings. The van der Waals surface area contributed by atoms with Crippen molar-refractivity contribution < 1.29 is 0 Å². The van der Waals surface area contributed by atoms with E-state index in [4.69, 9.17) is 0 Å². The van der Waals surface area contributed by atoms with Gasteiger partial charge in [0, 0.05) is 23.7 Å². The SMILES string of the molecule is CCNC(=NCc1ccc(C)cc1SC)NCCSC. The summed E-state index contributed by atoms with van der Waals surface area (Å²) < 4.78 is 0. The van der Waals surface area contributed by atoms with Crippen molar-refractivity contribution >= 4 is 29.5 Å². The fraction of sp³-hybridized carbons (Fsp3) is 0.533. The molecular weight excluding hydrogens is 286 g/mol. The first kappa shape index (κ1) is 17.2. The van der Waals surface area contributed by atoms with Crippen LogP contribution in [0.3, 0.4) is 0 Å². The Morgan fingerprint density at radius 3 is 2.70 bits per heavy atom. The predicted octanol–water partition coefficient (Wildman–Crippen LogP) is 3.14. The number of nitrogens with zero attached hydrogens (tertiary/aromatic N) is 1. The number of hydrogen-bond donors (Lipinski definition) is 2. The van der Waals surface area contributed by atoms with Crippen molar-refractivity contribution in [2.45, 2.75) is 25.3 Å². The largest absolute Gasteiger partial charge is 0.357 e. The first-order valence-electron chi connectivity index (χ1n) is 6.85. The van der Waals surface area contributed by atoms with E-state index in [1.54, 1.807) is 11.8 Å². The third-order valence-electron chi connectivity index (χ3n) is 2.79. The predicted molar refractivity (Wildman–Crippen MR) is 94.2 cm³/mol. The first-order chi connectivity index (χ1) is 9.71. The molecule has 5 heteroatoms. The van der Waals surface area contributed by atoms with Gasteiger partial charge in [0.25, 0.3) is 0 Å². The zero-order valence-corrected chi connectivity index (χ0v) is 14.5. The van der Waals surface area contributed by atoms with Crippen LogP contribution in [0.5, 0.6) is 0 Å². The average Bonchev–Trinajstić information content (AvgIpc) is 2.45. The molecule has 0 heterocycles. The summed E-state index contributed by atoms with van der Waals surface area (Å²) in [6.45, 7) is 6.75. The van der Waals surface area contributed by atoms with Crippen LogP contribution in [0.1, 0.15) is 18.1 Å². The Hall–Kier alpha value is -0.810. The second-order valence-electron chi connectivity index (χ2n) is 4.43. The Labute approximate surface area is 131 Å². The van der Waals surface area contributed by atoms with Crippen LogP contribution in [0.2, 0.25) is 0 Å². The Kier molecular flexibility index (Phi) is 8.62. The van der Waals surface area contributed by atoms with E-state index in [2.05, 4.69) is 60.2 Å². The van der Waals surface area contributed by atoms with Crippen molar-refractivity contribution in [1.29, 1.82) is 0 Å². The molecule has 3 nitrogen and oxygen atoms in total. The van der Waals surface area contributed by atoms with E-state index >= 15 is 0 Å². The van der Waals surface area contributed by atoms with E-state index in [0.717, 1.165) is 24.8 Å². The average molecular weight is 312 g/mol. The molecule has 0 unspecified atom stereocenters. The fourth-order valence-electron chi connectivity index (χ4n) is 1.76. The maximum atomic E-state index is 4.67. The first-order valence-corrected chi connectivity index (χ1v) is 9.47. The molecule has 1 aromatic carbocycles. The smallest absolute Gasteiger partial charge is 0.191 e. The van der Waals surface area contributed by atoms with Gasteiger partial charge in [-0.3, -0.25) is 0 Å². The van der Waals surface area contributed by atoms with Gasteiger partial charge in [-0.1, -0.05) is 12.1 Å². The summed E-state index contributed by atoms with van der Waals surface area (Å²) in [7, 11) is 0. The van der Waals surface area contributed by atoms with Crippen molar-refractivity contribution in [2.24, 2.45) is 4.99 Å². The van der Waals surface area contributed by atoms with E-state index < -0.39 is 0 Å². The summed E-state index contributed by atoms with van der Waals surface area (Å²) in [6, 6.07) is 6.55. The minimum absolute atomic E-state index is 0.713. The van der Waals surface area contributed by atoms with Crippen LogP contribution < -0.4 is 10.6 Å². The lowest BCUT2D eigenvalue weighted by atomic mass is 10.1. The normalized spacial score (nSPS) is 11.5. The van der Waals surface area contributed by atoms with Crippen molar-refractivity contribution in [3.8, 4) is 0 Å². The highest BCUT2D eigenvalue weighted by atomic mass is 32.2. The number of hydrogen-bond acceptors (Lipinski definition) is 3. The highest BCUT2D eigenvalue weighted by Gasteiger charge is 2.02. The molecule has 1 aromatic rings. The Morgan fingerprint density at radius 2 is 2.05 bits per heavy atom. The van der Waals surface area contributed by atoms with Gasteiger partial charge in [-0.15, -0.1) is 11.8 Å². The molecular formula is C15H25N3S2. The molecule has 20 heavy (non-hydrogen) atoms. The fourth-order valence-corrected chi connectivity index (χ4v) is 2.76. The molecule has 0 radical (unpaired) electrons. The van der Waals surface area contributed by atoms with Gasteiger partial charge < -0.3 is 10.6 Å². The number of aliphatic imine (C=N–C) groups is 1. The van der Waals surface area contributed by atoms with E-state index in [1.807, 2.05) is 11.8 Å². The lowest BCUT2D eigenvalue weighted by Crippen LogP contribution is -2.38. The standard InChI is InChI=1S/C15H25N3S2/c1-5-16-15(17-8-9-19-3)18-11-13-7-6-12(2)10-14(13)20-4/h6-7,10H,5,8-9,11H2,1-4H3,(H2,16,17,18). The molecule has 2 N–H and O–H groups in total. The summed E-state index contributed by atoms with van der Waals surface area (Å²) in [5.74, 6) is 1.99. The molecule has 0 saturated heterocycles. The van der Waals surface area contributed by atoms with Crippen LogP contribution in [0.15, 0.2) is 28.1 Å². The third kappa shape index (κ3) is 6.09. The van der Waals surface area contributed by atoms with Crippen LogP contribution in [-0.4, -0.2) is 37.3 Å². The summed E-state index contributed by atoms with van der Waals surface area (Å²) in [4.78, 5) is 5.98. The summed E-state index contributed by atoms with van der Waals surface area (Å²) in [5.41, 5.74) is 2.58. The Balaban J connectivity index is 2.70. The quantitative estimate of drug-likeness (QED) is 0.351. The molecule has 0 aromatic heterocycles. The molecule has 1 rings (SSSR count). The van der Waals surface area contributed by atoms with E-state index in [9.17, 15) is 0 Å². The molecule has 0 aliphatic carbocycles. The van der Waals surface area contributed by atoms with Gasteiger partial charge in [0.05, 0.1) is 6.54 Å². The number of thioether (sulfide) groups is 2. The van der Waals surface area contributed by atoms with E-state index in [0.29, 0.717) is 6.54 Å². The minimum atomic E-state index is 0.713. The lowest BCUT2D eigenvalue weighted by molar-refractivity contribution is 0.840. The number of rotatable bonds is 7. The van der Waals surface area contributed by atoms with Gasteiger partial charge in [-0.05, 0) is 43.6 Å². The molecule has 0 spiro atoms. The molecule has 0 saturated carbocycles. The van der Waals surface area contributed by atoms with Crippen LogP contribution in [-0.2, 0) is 6.54 Å². The minimum Gasteiger partial charge on any atom is -0.357 e. The van der Waals surface area contributed by atoms with E-state index in [-0.39, 0.29) is 0 Å². The van der Waals surface area contributed by atoms with Crippen molar-refractivity contribution in [2.75, 3.05) is 31.4 Å². The molecule has 0 aliphatic heterocycles. The van der Waals surface area contributed by atoms with Gasteiger partial charge >= 0.3 is 0 Å². The third-order valence-corrected chi connectivity index (χ3v) is 4.23. The van der Waals surface area contributed by atoms with Crippen LogP contribution >= 0.6 is 23.5 Å². The highest BCUT2D eigenvalue weighted by Crippen LogP contribution is 2.22. The Bertz CT molecular complexity index is 433. The van der Waals surface area contributed by atoms with Crippen LogP contribution in [0.4, 0.5) is 0 Å². The maximum absolute atomic E-state index is 4.67.